The third-order valence-electron chi connectivity index (χ3n) is 5.44. The van der Waals surface area contributed by atoms with Gasteiger partial charge >= 0.3 is 0 Å². The standard InChI is InChI=1S/C22H19FN4O2S/c23-17-9-3-1-7-15(17)22-25-24-21(30-22)14-6-5-11-27(13-14)20(28)12-18-16-8-2-4-10-19(16)29-26-18/h1-4,7-10,14H,5-6,11-13H2. The molecule has 6 nitrogen and oxygen atoms in total. The van der Waals surface area contributed by atoms with Crippen molar-refractivity contribution in [3.63, 3.8) is 0 Å². The van der Waals surface area contributed by atoms with Gasteiger partial charge in [0.1, 0.15) is 16.5 Å². The van der Waals surface area contributed by atoms with Crippen LogP contribution in [0.2, 0.25) is 0 Å². The molecular weight excluding hydrogens is 403 g/mol. The van der Waals surface area contributed by atoms with E-state index in [4.69, 9.17) is 4.52 Å². The fraction of sp³-hybridized carbons (Fsp3) is 0.273. The number of rotatable bonds is 4. The van der Waals surface area contributed by atoms with Crippen molar-refractivity contribution >= 4 is 28.2 Å². The highest BCUT2D eigenvalue weighted by Gasteiger charge is 2.28. The predicted octanol–water partition coefficient (Wildman–Crippen LogP) is 4.43. The van der Waals surface area contributed by atoms with Crippen molar-refractivity contribution < 1.29 is 13.7 Å². The van der Waals surface area contributed by atoms with Crippen LogP contribution in [0.5, 0.6) is 0 Å². The zero-order chi connectivity index (χ0) is 20.5. The van der Waals surface area contributed by atoms with Gasteiger partial charge in [-0.15, -0.1) is 10.2 Å². The quantitative estimate of drug-likeness (QED) is 0.486. The first-order valence-electron chi connectivity index (χ1n) is 9.88. The van der Waals surface area contributed by atoms with Gasteiger partial charge in [-0.3, -0.25) is 4.79 Å². The summed E-state index contributed by atoms with van der Waals surface area (Å²) in [5.41, 5.74) is 1.81. The van der Waals surface area contributed by atoms with E-state index < -0.39 is 0 Å². The molecule has 3 heterocycles. The van der Waals surface area contributed by atoms with E-state index in [1.165, 1.54) is 17.4 Å². The van der Waals surface area contributed by atoms with Gasteiger partial charge in [0.25, 0.3) is 0 Å². The Morgan fingerprint density at radius 1 is 1.17 bits per heavy atom. The van der Waals surface area contributed by atoms with E-state index in [1.807, 2.05) is 29.2 Å². The van der Waals surface area contributed by atoms with E-state index in [1.54, 1.807) is 18.2 Å². The van der Waals surface area contributed by atoms with E-state index in [2.05, 4.69) is 15.4 Å². The van der Waals surface area contributed by atoms with Crippen LogP contribution in [0.15, 0.2) is 53.1 Å². The number of aromatic nitrogens is 3. The van der Waals surface area contributed by atoms with Crippen LogP contribution >= 0.6 is 11.3 Å². The van der Waals surface area contributed by atoms with Crippen LogP contribution in [-0.2, 0) is 11.2 Å². The molecule has 2 aromatic carbocycles. The lowest BCUT2D eigenvalue weighted by atomic mass is 9.98. The fourth-order valence-corrected chi connectivity index (χ4v) is 4.86. The second-order valence-electron chi connectivity index (χ2n) is 7.41. The lowest BCUT2D eigenvalue weighted by molar-refractivity contribution is -0.131. The summed E-state index contributed by atoms with van der Waals surface area (Å²) in [6.07, 6.45) is 2.04. The Bertz CT molecular complexity index is 1200. The summed E-state index contributed by atoms with van der Waals surface area (Å²) in [5.74, 6) is -0.173. The van der Waals surface area contributed by atoms with Crippen molar-refractivity contribution in [2.75, 3.05) is 13.1 Å². The van der Waals surface area contributed by atoms with Crippen molar-refractivity contribution in [3.8, 4) is 10.6 Å². The number of piperidine rings is 1. The molecule has 1 atom stereocenters. The minimum atomic E-state index is -0.305. The first-order valence-corrected chi connectivity index (χ1v) is 10.7. The lowest BCUT2D eigenvalue weighted by Crippen LogP contribution is -2.40. The highest BCUT2D eigenvalue weighted by atomic mass is 32.1. The Morgan fingerprint density at radius 2 is 2.00 bits per heavy atom. The molecule has 30 heavy (non-hydrogen) atoms. The average Bonchev–Trinajstić information content (AvgIpc) is 3.42. The minimum Gasteiger partial charge on any atom is -0.356 e. The molecule has 8 heteroatoms. The molecule has 1 fully saturated rings. The van der Waals surface area contributed by atoms with Gasteiger partial charge in [0.05, 0.1) is 6.42 Å². The summed E-state index contributed by atoms with van der Waals surface area (Å²) < 4.78 is 19.4. The lowest BCUT2D eigenvalue weighted by Gasteiger charge is -2.31. The number of hydrogen-bond donors (Lipinski definition) is 0. The molecule has 152 valence electrons. The first-order chi connectivity index (χ1) is 14.7. The number of nitrogens with zero attached hydrogens (tertiary/aromatic N) is 4. The highest BCUT2D eigenvalue weighted by molar-refractivity contribution is 7.14. The molecule has 0 radical (unpaired) electrons. The molecule has 5 rings (SSSR count). The Hall–Kier alpha value is -3.13. The number of carbonyl (C=O) groups is 1. The molecule has 1 saturated heterocycles. The molecular formula is C22H19FN4O2S. The van der Waals surface area contributed by atoms with Crippen LogP contribution in [0.1, 0.15) is 29.5 Å². The number of benzene rings is 2. The number of hydrogen-bond acceptors (Lipinski definition) is 6. The number of para-hydroxylation sites is 1. The Labute approximate surface area is 176 Å². The third kappa shape index (κ3) is 3.59. The van der Waals surface area contributed by atoms with Crippen LogP contribution < -0.4 is 0 Å². The summed E-state index contributed by atoms with van der Waals surface area (Å²) in [5, 5.41) is 14.9. The van der Waals surface area contributed by atoms with Crippen molar-refractivity contribution in [2.45, 2.75) is 25.2 Å². The molecule has 0 bridgehead atoms. The third-order valence-corrected chi connectivity index (χ3v) is 6.56. The van der Waals surface area contributed by atoms with Gasteiger partial charge in [-0.25, -0.2) is 4.39 Å². The first kappa shape index (κ1) is 18.9. The smallest absolute Gasteiger partial charge is 0.228 e. The predicted molar refractivity (Wildman–Crippen MR) is 112 cm³/mol. The van der Waals surface area contributed by atoms with Gasteiger partial charge in [-0.05, 0) is 37.1 Å². The second-order valence-corrected chi connectivity index (χ2v) is 8.42. The van der Waals surface area contributed by atoms with E-state index in [0.717, 1.165) is 23.2 Å². The molecule has 0 N–H and O–H groups in total. The van der Waals surface area contributed by atoms with E-state index in [-0.39, 0.29) is 24.1 Å². The van der Waals surface area contributed by atoms with Crippen molar-refractivity contribution in [3.05, 3.63) is 65.0 Å². The van der Waals surface area contributed by atoms with Gasteiger partial charge in [0, 0.05) is 30.0 Å². The van der Waals surface area contributed by atoms with Crippen LogP contribution in [0.4, 0.5) is 4.39 Å². The Morgan fingerprint density at radius 3 is 2.90 bits per heavy atom. The van der Waals surface area contributed by atoms with E-state index >= 15 is 0 Å². The SMILES string of the molecule is O=C(Cc1noc2ccccc12)N1CCCC(c2nnc(-c3ccccc3F)s2)C1. The van der Waals surface area contributed by atoms with E-state index in [0.29, 0.717) is 34.9 Å². The molecule has 1 amide bonds. The summed E-state index contributed by atoms with van der Waals surface area (Å²) in [6, 6.07) is 14.1. The van der Waals surface area contributed by atoms with Crippen LogP contribution in [0, 0.1) is 5.82 Å². The molecule has 0 spiro atoms. The fourth-order valence-electron chi connectivity index (χ4n) is 3.87. The van der Waals surface area contributed by atoms with E-state index in [9.17, 15) is 9.18 Å². The maximum absolute atomic E-state index is 14.1. The topological polar surface area (TPSA) is 72.1 Å². The minimum absolute atomic E-state index is 0.0256. The summed E-state index contributed by atoms with van der Waals surface area (Å²) in [7, 11) is 0. The van der Waals surface area contributed by atoms with Gasteiger partial charge in [0.15, 0.2) is 10.6 Å². The van der Waals surface area contributed by atoms with Gasteiger partial charge in [-0.2, -0.15) is 0 Å². The summed E-state index contributed by atoms with van der Waals surface area (Å²) in [6.45, 7) is 1.30. The van der Waals surface area contributed by atoms with Gasteiger partial charge in [-0.1, -0.05) is 40.8 Å². The molecule has 1 aliphatic heterocycles. The molecule has 0 saturated carbocycles. The molecule has 1 aliphatic rings. The molecule has 1 unspecified atom stereocenters. The van der Waals surface area contributed by atoms with Crippen LogP contribution in [-0.4, -0.2) is 39.3 Å². The average molecular weight is 422 g/mol. The second kappa shape index (κ2) is 7.95. The number of amides is 1. The maximum Gasteiger partial charge on any atom is 0.228 e. The van der Waals surface area contributed by atoms with Crippen molar-refractivity contribution in [1.29, 1.82) is 0 Å². The largest absolute Gasteiger partial charge is 0.356 e. The number of likely N-dealkylation sites (tertiary alicyclic amines) is 1. The number of fused-ring (bicyclic) bond motifs is 1. The zero-order valence-electron chi connectivity index (χ0n) is 16.1. The molecule has 4 aromatic rings. The molecule has 0 aliphatic carbocycles. The number of carbonyl (C=O) groups excluding carboxylic acids is 1. The Kier molecular flexibility index (Phi) is 5.00. The van der Waals surface area contributed by atoms with Gasteiger partial charge in [0.2, 0.25) is 5.91 Å². The maximum atomic E-state index is 14.1. The summed E-state index contributed by atoms with van der Waals surface area (Å²) in [4.78, 5) is 14.8. The summed E-state index contributed by atoms with van der Waals surface area (Å²) >= 11 is 1.40. The zero-order valence-corrected chi connectivity index (χ0v) is 16.9. The van der Waals surface area contributed by atoms with Crippen molar-refractivity contribution in [2.24, 2.45) is 0 Å². The Balaban J connectivity index is 1.30. The monoisotopic (exact) mass is 422 g/mol. The van der Waals surface area contributed by atoms with Gasteiger partial charge < -0.3 is 9.42 Å². The number of halogens is 1. The van der Waals surface area contributed by atoms with Crippen LogP contribution in [0.3, 0.4) is 0 Å². The highest BCUT2D eigenvalue weighted by Crippen LogP contribution is 2.33. The van der Waals surface area contributed by atoms with Crippen LogP contribution in [0.25, 0.3) is 21.5 Å². The van der Waals surface area contributed by atoms with Crippen molar-refractivity contribution in [1.82, 2.24) is 20.3 Å². The normalized spacial score (nSPS) is 16.8. The molecule has 2 aromatic heterocycles.